The van der Waals surface area contributed by atoms with E-state index < -0.39 is 17.2 Å². The number of anilines is 1. The Kier molecular flexibility index (Phi) is 7.42. The number of carbonyl (C=O) groups excluding carboxylic acids is 1. The second kappa shape index (κ2) is 10.8. The van der Waals surface area contributed by atoms with Crippen molar-refractivity contribution in [2.24, 2.45) is 7.05 Å². The number of hydrogen-bond acceptors (Lipinski definition) is 7. The molecule has 0 atom stereocenters. The Hall–Kier alpha value is -4.11. The van der Waals surface area contributed by atoms with Gasteiger partial charge >= 0.3 is 6.09 Å². The Balaban J connectivity index is 1.56. The summed E-state index contributed by atoms with van der Waals surface area (Å²) in [5.41, 5.74) is 2.41. The molecule has 1 amide bonds. The van der Waals surface area contributed by atoms with E-state index in [4.69, 9.17) is 13.9 Å². The molecule has 40 heavy (non-hydrogen) atoms. The minimum atomic E-state index is -0.571. The first kappa shape index (κ1) is 27.5. The van der Waals surface area contributed by atoms with Crippen molar-refractivity contribution in [3.05, 3.63) is 70.5 Å². The van der Waals surface area contributed by atoms with E-state index in [1.165, 1.54) is 4.57 Å². The molecule has 210 valence electrons. The molecule has 1 saturated carbocycles. The van der Waals surface area contributed by atoms with Gasteiger partial charge in [0.1, 0.15) is 16.7 Å². The van der Waals surface area contributed by atoms with E-state index in [1.807, 2.05) is 75.4 Å². The van der Waals surface area contributed by atoms with Gasteiger partial charge in [-0.2, -0.15) is 4.98 Å². The van der Waals surface area contributed by atoms with Gasteiger partial charge in [0.25, 0.3) is 5.56 Å². The lowest BCUT2D eigenvalue weighted by atomic mass is 9.71. The van der Waals surface area contributed by atoms with Gasteiger partial charge in [0, 0.05) is 31.8 Å². The number of fused-ring (bicyclic) bond motifs is 1. The van der Waals surface area contributed by atoms with Crippen LogP contribution in [0.4, 0.5) is 10.7 Å². The number of rotatable bonds is 8. The molecular formula is C31H36N4O5. The molecule has 9 nitrogen and oxygen atoms in total. The van der Waals surface area contributed by atoms with Gasteiger partial charge < -0.3 is 24.5 Å². The fourth-order valence-electron chi connectivity index (χ4n) is 5.09. The van der Waals surface area contributed by atoms with Gasteiger partial charge in [-0.05, 0) is 51.2 Å². The van der Waals surface area contributed by atoms with Crippen molar-refractivity contribution < 1.29 is 18.7 Å². The van der Waals surface area contributed by atoms with Crippen LogP contribution in [0.2, 0.25) is 0 Å². The average molecular weight is 545 g/mol. The van der Waals surface area contributed by atoms with Gasteiger partial charge in [0.15, 0.2) is 0 Å². The van der Waals surface area contributed by atoms with Crippen LogP contribution in [0.1, 0.15) is 45.6 Å². The average Bonchev–Trinajstić information content (AvgIpc) is 3.28. The van der Waals surface area contributed by atoms with E-state index in [0.717, 1.165) is 36.0 Å². The van der Waals surface area contributed by atoms with E-state index >= 15 is 0 Å². The first-order valence-electron chi connectivity index (χ1n) is 13.6. The summed E-state index contributed by atoms with van der Waals surface area (Å²) in [5.74, 6) is 0.971. The maximum atomic E-state index is 13.6. The summed E-state index contributed by atoms with van der Waals surface area (Å²) < 4.78 is 18.5. The number of carbonyl (C=O) groups is 1. The first-order chi connectivity index (χ1) is 19.1. The zero-order valence-corrected chi connectivity index (χ0v) is 23.7. The zero-order chi connectivity index (χ0) is 28.5. The number of amides is 1. The van der Waals surface area contributed by atoms with Gasteiger partial charge in [-0.1, -0.05) is 54.6 Å². The molecule has 0 unspecified atom stereocenters. The van der Waals surface area contributed by atoms with Crippen LogP contribution in [0.25, 0.3) is 33.6 Å². The summed E-state index contributed by atoms with van der Waals surface area (Å²) in [6.45, 7) is 6.54. The predicted molar refractivity (Wildman–Crippen MR) is 155 cm³/mol. The minimum absolute atomic E-state index is 0.203. The largest absolute Gasteiger partial charge is 0.444 e. The van der Waals surface area contributed by atoms with E-state index in [0.29, 0.717) is 35.8 Å². The molecule has 2 aromatic heterocycles. The third-order valence-electron chi connectivity index (χ3n) is 7.23. The van der Waals surface area contributed by atoms with Crippen molar-refractivity contribution in [1.29, 1.82) is 0 Å². The Morgan fingerprint density at radius 2 is 1.77 bits per heavy atom. The van der Waals surface area contributed by atoms with E-state index in [9.17, 15) is 9.59 Å². The molecule has 0 bridgehead atoms. The van der Waals surface area contributed by atoms with Gasteiger partial charge in [-0.25, -0.2) is 4.79 Å². The van der Waals surface area contributed by atoms with Crippen LogP contribution in [0.5, 0.6) is 0 Å². The number of hydrogen-bond donors (Lipinski definition) is 2. The van der Waals surface area contributed by atoms with Crippen molar-refractivity contribution in [3.8, 4) is 22.5 Å². The quantitative estimate of drug-likeness (QED) is 0.269. The van der Waals surface area contributed by atoms with Crippen molar-refractivity contribution in [3.63, 3.8) is 0 Å². The summed E-state index contributed by atoms with van der Waals surface area (Å²) in [7, 11) is 3.31. The SMILES string of the molecule is COCCNc1nc2oc(-c3ccc(C4(NC(=O)OC(C)(C)C)CCC4)cc3)c(-c3ccccc3)c2c(=O)n1C. The maximum Gasteiger partial charge on any atom is 0.408 e. The van der Waals surface area contributed by atoms with Crippen LogP contribution >= 0.6 is 0 Å². The lowest BCUT2D eigenvalue weighted by molar-refractivity contribution is 0.0377. The fraction of sp³-hybridized carbons (Fsp3) is 0.387. The van der Waals surface area contributed by atoms with Gasteiger partial charge in [0.2, 0.25) is 11.7 Å². The number of benzene rings is 2. The summed E-state index contributed by atoms with van der Waals surface area (Å²) in [4.78, 5) is 30.8. The van der Waals surface area contributed by atoms with Crippen LogP contribution in [0.3, 0.4) is 0 Å². The summed E-state index contributed by atoms with van der Waals surface area (Å²) in [6, 6.07) is 17.7. The molecule has 9 heteroatoms. The van der Waals surface area contributed by atoms with Gasteiger partial charge in [-0.15, -0.1) is 0 Å². The van der Waals surface area contributed by atoms with Gasteiger partial charge in [0.05, 0.1) is 12.1 Å². The Bertz CT molecular complexity index is 1560. The second-order valence-corrected chi connectivity index (χ2v) is 11.2. The molecule has 4 aromatic rings. The lowest BCUT2D eigenvalue weighted by Crippen LogP contribution is -2.52. The maximum absolute atomic E-state index is 13.6. The number of nitrogens with zero attached hydrogens (tertiary/aromatic N) is 2. The summed E-state index contributed by atoms with van der Waals surface area (Å²) >= 11 is 0. The topological polar surface area (TPSA) is 108 Å². The molecule has 0 saturated heterocycles. The van der Waals surface area contributed by atoms with Gasteiger partial charge in [-0.3, -0.25) is 9.36 Å². The van der Waals surface area contributed by atoms with E-state index in [2.05, 4.69) is 15.6 Å². The van der Waals surface area contributed by atoms with Crippen molar-refractivity contribution >= 4 is 23.1 Å². The molecule has 1 fully saturated rings. The number of alkyl carbamates (subject to hydrolysis) is 1. The first-order valence-corrected chi connectivity index (χ1v) is 13.6. The predicted octanol–water partition coefficient (Wildman–Crippen LogP) is 5.82. The van der Waals surface area contributed by atoms with Crippen LogP contribution in [-0.2, 0) is 22.1 Å². The minimum Gasteiger partial charge on any atom is -0.444 e. The normalized spacial score (nSPS) is 14.5. The zero-order valence-electron chi connectivity index (χ0n) is 23.7. The summed E-state index contributed by atoms with van der Waals surface area (Å²) in [5, 5.41) is 6.67. The van der Waals surface area contributed by atoms with Crippen molar-refractivity contribution in [2.75, 3.05) is 25.6 Å². The van der Waals surface area contributed by atoms with Crippen LogP contribution in [0, 0.1) is 0 Å². The van der Waals surface area contributed by atoms with Crippen LogP contribution < -0.4 is 16.2 Å². The van der Waals surface area contributed by atoms with E-state index in [1.54, 1.807) is 14.2 Å². The molecule has 2 N–H and O–H groups in total. The molecule has 1 aliphatic rings. The molecular weight excluding hydrogens is 508 g/mol. The van der Waals surface area contributed by atoms with Crippen LogP contribution in [0.15, 0.2) is 63.8 Å². The van der Waals surface area contributed by atoms with Crippen LogP contribution in [-0.4, -0.2) is 41.5 Å². The number of methoxy groups -OCH3 is 1. The highest BCUT2D eigenvalue weighted by molar-refractivity contribution is 6.00. The molecule has 0 spiro atoms. The number of aromatic nitrogens is 2. The Labute approximate surface area is 233 Å². The highest BCUT2D eigenvalue weighted by Gasteiger charge is 2.41. The highest BCUT2D eigenvalue weighted by atomic mass is 16.6. The molecule has 5 rings (SSSR count). The third kappa shape index (κ3) is 5.34. The number of nitrogens with one attached hydrogen (secondary N) is 2. The smallest absolute Gasteiger partial charge is 0.408 e. The molecule has 1 aliphatic carbocycles. The highest BCUT2D eigenvalue weighted by Crippen LogP contribution is 2.43. The monoisotopic (exact) mass is 544 g/mol. The standard InChI is InChI=1S/C31H36N4O5/c1-30(2,3)40-29(37)34-31(16-9-17-31)22-14-12-21(13-15-22)25-23(20-10-7-6-8-11-20)24-26(39-25)33-28(32-18-19-38-5)35(4)27(24)36/h6-8,10-15H,9,16-19H2,1-5H3,(H,32,33)(H,34,37). The van der Waals surface area contributed by atoms with Crippen molar-refractivity contribution in [2.45, 2.75) is 51.2 Å². The number of ether oxygens (including phenoxy) is 2. The summed E-state index contributed by atoms with van der Waals surface area (Å²) in [6.07, 6.45) is 2.28. The molecule has 2 aromatic carbocycles. The fourth-order valence-corrected chi connectivity index (χ4v) is 5.09. The Morgan fingerprint density at radius 1 is 1.07 bits per heavy atom. The second-order valence-electron chi connectivity index (χ2n) is 11.2. The molecule has 0 aliphatic heterocycles. The van der Waals surface area contributed by atoms with Crippen molar-refractivity contribution in [1.82, 2.24) is 14.9 Å². The Morgan fingerprint density at radius 3 is 2.38 bits per heavy atom. The van der Waals surface area contributed by atoms with E-state index in [-0.39, 0.29) is 11.3 Å². The molecule has 0 radical (unpaired) electrons. The number of furan rings is 1. The lowest BCUT2D eigenvalue weighted by Gasteiger charge is -2.43. The third-order valence-corrected chi connectivity index (χ3v) is 7.23. The molecule has 2 heterocycles.